The van der Waals surface area contributed by atoms with E-state index in [1.54, 1.807) is 12.3 Å². The van der Waals surface area contributed by atoms with Gasteiger partial charge in [-0.05, 0) is 18.6 Å². The van der Waals surface area contributed by atoms with Gasteiger partial charge in [0.15, 0.2) is 5.76 Å². The Morgan fingerprint density at radius 1 is 1.18 bits per heavy atom. The molecule has 3 aromatic rings. The Hall–Kier alpha value is -2.95. The van der Waals surface area contributed by atoms with Crippen LogP contribution in [0.15, 0.2) is 59.3 Å². The van der Waals surface area contributed by atoms with Crippen LogP contribution in [-0.2, 0) is 11.2 Å². The summed E-state index contributed by atoms with van der Waals surface area (Å²) >= 11 is 0. The highest BCUT2D eigenvalue weighted by Crippen LogP contribution is 2.20. The second-order valence-electron chi connectivity index (χ2n) is 4.94. The van der Waals surface area contributed by atoms with Gasteiger partial charge in [-0.3, -0.25) is 4.79 Å². The summed E-state index contributed by atoms with van der Waals surface area (Å²) in [5.74, 6) is 1.05. The third-order valence-electron chi connectivity index (χ3n) is 3.23. The van der Waals surface area contributed by atoms with E-state index in [4.69, 9.17) is 4.52 Å². The van der Waals surface area contributed by atoms with E-state index in [2.05, 4.69) is 15.5 Å². The first-order valence-electron chi connectivity index (χ1n) is 6.95. The highest BCUT2D eigenvalue weighted by atomic mass is 16.5. The van der Waals surface area contributed by atoms with E-state index in [1.165, 1.54) is 0 Å². The van der Waals surface area contributed by atoms with Crippen molar-refractivity contribution in [2.45, 2.75) is 13.3 Å². The summed E-state index contributed by atoms with van der Waals surface area (Å²) in [5, 5.41) is 6.72. The molecule has 0 aliphatic heterocycles. The summed E-state index contributed by atoms with van der Waals surface area (Å²) in [6.45, 7) is 1.90. The van der Waals surface area contributed by atoms with Crippen LogP contribution in [0.25, 0.3) is 11.3 Å². The van der Waals surface area contributed by atoms with Gasteiger partial charge in [0.25, 0.3) is 0 Å². The lowest BCUT2D eigenvalue weighted by atomic mass is 10.1. The largest absolute Gasteiger partial charge is 0.356 e. The van der Waals surface area contributed by atoms with Crippen LogP contribution in [0, 0.1) is 6.92 Å². The number of amides is 1. The van der Waals surface area contributed by atoms with Crippen molar-refractivity contribution >= 4 is 11.7 Å². The van der Waals surface area contributed by atoms with Gasteiger partial charge in [-0.15, -0.1) is 0 Å². The van der Waals surface area contributed by atoms with E-state index in [0.29, 0.717) is 17.3 Å². The zero-order valence-corrected chi connectivity index (χ0v) is 12.1. The first kappa shape index (κ1) is 14.0. The minimum absolute atomic E-state index is 0.145. The number of hydrogen-bond donors (Lipinski definition) is 1. The molecule has 0 aliphatic carbocycles. The van der Waals surface area contributed by atoms with Gasteiger partial charge in [0.1, 0.15) is 5.82 Å². The molecule has 2 aromatic heterocycles. The molecular weight excluding hydrogens is 278 g/mol. The molecule has 0 saturated carbocycles. The number of nitrogens with zero attached hydrogens (tertiary/aromatic N) is 2. The number of aryl methyl sites for hydroxylation is 1. The van der Waals surface area contributed by atoms with Crippen LogP contribution in [0.2, 0.25) is 0 Å². The van der Waals surface area contributed by atoms with E-state index < -0.39 is 0 Å². The van der Waals surface area contributed by atoms with Gasteiger partial charge < -0.3 is 9.84 Å². The van der Waals surface area contributed by atoms with Crippen molar-refractivity contribution in [1.29, 1.82) is 0 Å². The van der Waals surface area contributed by atoms with Crippen LogP contribution >= 0.6 is 0 Å². The van der Waals surface area contributed by atoms with Crippen LogP contribution in [0.4, 0.5) is 5.82 Å². The summed E-state index contributed by atoms with van der Waals surface area (Å²) in [7, 11) is 0. The van der Waals surface area contributed by atoms with Crippen molar-refractivity contribution in [1.82, 2.24) is 10.1 Å². The second kappa shape index (κ2) is 6.22. The van der Waals surface area contributed by atoms with E-state index >= 15 is 0 Å². The number of aromatic nitrogens is 2. The number of nitrogens with one attached hydrogen (secondary N) is 1. The van der Waals surface area contributed by atoms with Crippen molar-refractivity contribution in [3.05, 3.63) is 66.0 Å². The molecule has 110 valence electrons. The normalized spacial score (nSPS) is 10.4. The van der Waals surface area contributed by atoms with E-state index in [9.17, 15) is 4.79 Å². The first-order chi connectivity index (χ1) is 10.7. The van der Waals surface area contributed by atoms with Crippen molar-refractivity contribution in [3.8, 4) is 11.3 Å². The van der Waals surface area contributed by atoms with Crippen LogP contribution in [0.1, 0.15) is 11.3 Å². The third kappa shape index (κ3) is 3.20. The lowest BCUT2D eigenvalue weighted by molar-refractivity contribution is -0.115. The van der Waals surface area contributed by atoms with E-state index in [0.717, 1.165) is 11.1 Å². The molecule has 0 unspecified atom stereocenters. The molecule has 0 aliphatic rings. The monoisotopic (exact) mass is 293 g/mol. The maximum absolute atomic E-state index is 12.0. The zero-order valence-electron chi connectivity index (χ0n) is 12.1. The smallest absolute Gasteiger partial charge is 0.231 e. The molecule has 0 fully saturated rings. The molecule has 1 aromatic carbocycles. The fourth-order valence-corrected chi connectivity index (χ4v) is 2.09. The summed E-state index contributed by atoms with van der Waals surface area (Å²) in [6.07, 6.45) is 1.79. The molecule has 0 bridgehead atoms. The fourth-order valence-electron chi connectivity index (χ4n) is 2.09. The molecule has 3 rings (SSSR count). The quantitative estimate of drug-likeness (QED) is 0.802. The lowest BCUT2D eigenvalue weighted by Gasteiger charge is -2.05. The Morgan fingerprint density at radius 2 is 2.00 bits per heavy atom. The molecule has 0 spiro atoms. The number of anilines is 1. The molecule has 0 saturated heterocycles. The molecule has 1 amide bonds. The number of benzene rings is 1. The number of pyridine rings is 1. The fraction of sp³-hybridized carbons (Fsp3) is 0.118. The molecule has 5 heteroatoms. The molecule has 0 atom stereocenters. The Labute approximate surface area is 128 Å². The average Bonchev–Trinajstić information content (AvgIpc) is 2.99. The van der Waals surface area contributed by atoms with Crippen LogP contribution < -0.4 is 5.32 Å². The maximum Gasteiger partial charge on any atom is 0.231 e. The Balaban J connectivity index is 1.68. The molecular formula is C17H15N3O2. The molecule has 5 nitrogen and oxygen atoms in total. The Morgan fingerprint density at radius 3 is 2.77 bits per heavy atom. The average molecular weight is 293 g/mol. The third-order valence-corrected chi connectivity index (χ3v) is 3.23. The van der Waals surface area contributed by atoms with E-state index in [-0.39, 0.29) is 12.3 Å². The maximum atomic E-state index is 12.0. The van der Waals surface area contributed by atoms with Gasteiger partial charge in [0.2, 0.25) is 5.91 Å². The highest BCUT2D eigenvalue weighted by Gasteiger charge is 2.11. The number of carbonyl (C=O) groups is 1. The predicted molar refractivity (Wildman–Crippen MR) is 83.2 cm³/mol. The van der Waals surface area contributed by atoms with Gasteiger partial charge in [-0.2, -0.15) is 0 Å². The number of hydrogen-bond acceptors (Lipinski definition) is 4. The highest BCUT2D eigenvalue weighted by molar-refractivity contribution is 5.91. The topological polar surface area (TPSA) is 68.0 Å². The lowest BCUT2D eigenvalue weighted by Crippen LogP contribution is -2.16. The summed E-state index contributed by atoms with van der Waals surface area (Å²) in [5.41, 5.74) is 2.44. The van der Waals surface area contributed by atoms with Gasteiger partial charge in [0.05, 0.1) is 12.1 Å². The first-order valence-corrected chi connectivity index (χ1v) is 6.95. The minimum atomic E-state index is -0.172. The van der Waals surface area contributed by atoms with Gasteiger partial charge in [-0.1, -0.05) is 41.6 Å². The molecule has 22 heavy (non-hydrogen) atoms. The van der Waals surface area contributed by atoms with Crippen LogP contribution in [0.5, 0.6) is 0 Å². The Bertz CT molecular complexity index is 781. The standard InChI is InChI=1S/C17H15N3O2/c1-12-6-5-9-18-17(12)19-16(21)11-14-10-15(22-20-14)13-7-3-2-4-8-13/h2-10H,11H2,1H3,(H,18,19,21). The number of carbonyl (C=O) groups excluding carboxylic acids is 1. The van der Waals surface area contributed by atoms with Crippen molar-refractivity contribution in [2.75, 3.05) is 5.32 Å². The van der Waals surface area contributed by atoms with Gasteiger partial charge in [0, 0.05) is 17.8 Å². The van der Waals surface area contributed by atoms with Crippen molar-refractivity contribution in [3.63, 3.8) is 0 Å². The summed E-state index contributed by atoms with van der Waals surface area (Å²) in [6, 6.07) is 15.1. The minimum Gasteiger partial charge on any atom is -0.356 e. The van der Waals surface area contributed by atoms with Gasteiger partial charge in [-0.25, -0.2) is 4.98 Å². The van der Waals surface area contributed by atoms with Crippen molar-refractivity contribution < 1.29 is 9.32 Å². The summed E-state index contributed by atoms with van der Waals surface area (Å²) in [4.78, 5) is 16.2. The van der Waals surface area contributed by atoms with Crippen molar-refractivity contribution in [2.24, 2.45) is 0 Å². The second-order valence-corrected chi connectivity index (χ2v) is 4.94. The number of rotatable bonds is 4. The molecule has 2 heterocycles. The SMILES string of the molecule is Cc1cccnc1NC(=O)Cc1cc(-c2ccccc2)on1. The molecule has 0 radical (unpaired) electrons. The predicted octanol–water partition coefficient (Wildman–Crippen LogP) is 3.23. The molecule has 1 N–H and O–H groups in total. The summed E-state index contributed by atoms with van der Waals surface area (Å²) < 4.78 is 5.28. The van der Waals surface area contributed by atoms with Crippen LogP contribution in [-0.4, -0.2) is 16.0 Å². The van der Waals surface area contributed by atoms with Gasteiger partial charge >= 0.3 is 0 Å². The van der Waals surface area contributed by atoms with E-state index in [1.807, 2.05) is 49.4 Å². The zero-order chi connectivity index (χ0) is 15.4. The Kier molecular flexibility index (Phi) is 3.96. The van der Waals surface area contributed by atoms with Crippen LogP contribution in [0.3, 0.4) is 0 Å².